The van der Waals surface area contributed by atoms with Gasteiger partial charge in [0, 0.05) is 37.5 Å². The Balaban J connectivity index is 1.93. The number of rotatable bonds is 5. The lowest BCUT2D eigenvalue weighted by molar-refractivity contribution is 0.0124. The third kappa shape index (κ3) is 3.85. The molecule has 0 amide bonds. The average Bonchev–Trinajstić information content (AvgIpc) is 2.42. The monoisotopic (exact) mass is 264 g/mol. The number of nitrogens with two attached hydrogens (primary N) is 1. The van der Waals surface area contributed by atoms with Crippen molar-refractivity contribution in [3.05, 3.63) is 23.8 Å². The SMILES string of the molecule is CCOC1CCN(Cc2cc(N)ccc2OC)CC1. The van der Waals surface area contributed by atoms with Crippen molar-refractivity contribution in [3.63, 3.8) is 0 Å². The second-order valence-electron chi connectivity index (χ2n) is 5.00. The van der Waals surface area contributed by atoms with Crippen LogP contribution in [0.1, 0.15) is 25.3 Å². The summed E-state index contributed by atoms with van der Waals surface area (Å²) in [6, 6.07) is 5.83. The highest BCUT2D eigenvalue weighted by Gasteiger charge is 2.20. The number of nitrogen functional groups attached to an aromatic ring is 1. The molecule has 2 rings (SSSR count). The van der Waals surface area contributed by atoms with Crippen molar-refractivity contribution in [2.75, 3.05) is 32.5 Å². The van der Waals surface area contributed by atoms with Crippen molar-refractivity contribution in [2.24, 2.45) is 0 Å². The summed E-state index contributed by atoms with van der Waals surface area (Å²) in [4.78, 5) is 2.44. The van der Waals surface area contributed by atoms with Gasteiger partial charge in [-0.15, -0.1) is 0 Å². The Morgan fingerprint density at radius 3 is 2.68 bits per heavy atom. The Morgan fingerprint density at radius 1 is 1.32 bits per heavy atom. The molecule has 4 nitrogen and oxygen atoms in total. The zero-order chi connectivity index (χ0) is 13.7. The summed E-state index contributed by atoms with van der Waals surface area (Å²) in [7, 11) is 1.70. The molecule has 1 heterocycles. The molecule has 1 aromatic rings. The van der Waals surface area contributed by atoms with Crippen LogP contribution in [0.3, 0.4) is 0 Å². The largest absolute Gasteiger partial charge is 0.496 e. The van der Waals surface area contributed by atoms with Crippen molar-refractivity contribution in [1.82, 2.24) is 4.90 Å². The molecule has 1 aromatic carbocycles. The van der Waals surface area contributed by atoms with E-state index in [4.69, 9.17) is 15.2 Å². The van der Waals surface area contributed by atoms with E-state index in [2.05, 4.69) is 11.8 Å². The van der Waals surface area contributed by atoms with Crippen LogP contribution in [-0.2, 0) is 11.3 Å². The molecule has 4 heteroatoms. The zero-order valence-electron chi connectivity index (χ0n) is 11.9. The van der Waals surface area contributed by atoms with Crippen LogP contribution in [0.5, 0.6) is 5.75 Å². The molecule has 0 radical (unpaired) electrons. The number of piperidine rings is 1. The van der Waals surface area contributed by atoms with Crippen LogP contribution in [-0.4, -0.2) is 37.8 Å². The van der Waals surface area contributed by atoms with Crippen LogP contribution in [0.25, 0.3) is 0 Å². The molecule has 1 fully saturated rings. The molecule has 0 bridgehead atoms. The van der Waals surface area contributed by atoms with Gasteiger partial charge >= 0.3 is 0 Å². The predicted molar refractivity (Wildman–Crippen MR) is 77.3 cm³/mol. The number of likely N-dealkylation sites (tertiary alicyclic amines) is 1. The number of ether oxygens (including phenoxy) is 2. The van der Waals surface area contributed by atoms with E-state index in [1.807, 2.05) is 18.2 Å². The maximum absolute atomic E-state index is 5.85. The van der Waals surface area contributed by atoms with Gasteiger partial charge < -0.3 is 15.2 Å². The van der Waals surface area contributed by atoms with Crippen molar-refractivity contribution in [3.8, 4) is 5.75 Å². The summed E-state index contributed by atoms with van der Waals surface area (Å²) in [5.74, 6) is 0.918. The number of benzene rings is 1. The van der Waals surface area contributed by atoms with Crippen molar-refractivity contribution in [1.29, 1.82) is 0 Å². The fraction of sp³-hybridized carbons (Fsp3) is 0.600. The van der Waals surface area contributed by atoms with Gasteiger partial charge in [-0.2, -0.15) is 0 Å². The lowest BCUT2D eigenvalue weighted by Gasteiger charge is -2.32. The highest BCUT2D eigenvalue weighted by molar-refractivity contribution is 5.47. The van der Waals surface area contributed by atoms with Gasteiger partial charge in [0.1, 0.15) is 5.75 Å². The molecule has 0 aliphatic carbocycles. The molecule has 0 atom stereocenters. The van der Waals surface area contributed by atoms with Crippen molar-refractivity contribution >= 4 is 5.69 Å². The molecule has 1 saturated heterocycles. The standard InChI is InChI=1S/C15H24N2O2/c1-3-19-14-6-8-17(9-7-14)11-12-10-13(16)4-5-15(12)18-2/h4-5,10,14H,3,6-9,11,16H2,1-2H3. The van der Waals surface area contributed by atoms with Gasteiger partial charge in [-0.3, -0.25) is 4.90 Å². The number of hydrogen-bond donors (Lipinski definition) is 1. The van der Waals surface area contributed by atoms with Crippen LogP contribution in [0.15, 0.2) is 18.2 Å². The average molecular weight is 264 g/mol. The molecule has 2 N–H and O–H groups in total. The van der Waals surface area contributed by atoms with E-state index >= 15 is 0 Å². The van der Waals surface area contributed by atoms with Crippen LogP contribution < -0.4 is 10.5 Å². The third-order valence-electron chi connectivity index (χ3n) is 3.64. The first-order valence-electron chi connectivity index (χ1n) is 6.99. The number of hydrogen-bond acceptors (Lipinski definition) is 4. The first-order valence-corrected chi connectivity index (χ1v) is 6.99. The molecule has 1 aliphatic heterocycles. The Kier molecular flexibility index (Phi) is 5.05. The van der Waals surface area contributed by atoms with Gasteiger partial charge in [0.15, 0.2) is 0 Å². The van der Waals surface area contributed by atoms with E-state index < -0.39 is 0 Å². The topological polar surface area (TPSA) is 47.7 Å². The zero-order valence-corrected chi connectivity index (χ0v) is 11.9. The normalized spacial score (nSPS) is 17.6. The van der Waals surface area contributed by atoms with Gasteiger partial charge in [-0.25, -0.2) is 0 Å². The lowest BCUT2D eigenvalue weighted by Crippen LogP contribution is -2.36. The van der Waals surface area contributed by atoms with Crippen molar-refractivity contribution < 1.29 is 9.47 Å². The summed E-state index contributed by atoms with van der Waals surface area (Å²) in [6.07, 6.45) is 2.65. The summed E-state index contributed by atoms with van der Waals surface area (Å²) in [5, 5.41) is 0. The Labute approximate surface area is 115 Å². The van der Waals surface area contributed by atoms with Crippen LogP contribution in [0, 0.1) is 0 Å². The van der Waals surface area contributed by atoms with Crippen LogP contribution in [0.2, 0.25) is 0 Å². The first kappa shape index (κ1) is 14.2. The van der Waals surface area contributed by atoms with Crippen LogP contribution >= 0.6 is 0 Å². The molecule has 19 heavy (non-hydrogen) atoms. The smallest absolute Gasteiger partial charge is 0.123 e. The molecule has 0 unspecified atom stereocenters. The fourth-order valence-corrected chi connectivity index (χ4v) is 2.63. The summed E-state index contributed by atoms with van der Waals surface area (Å²) in [6.45, 7) is 5.91. The van der Waals surface area contributed by atoms with E-state index in [1.165, 1.54) is 0 Å². The van der Waals surface area contributed by atoms with E-state index in [-0.39, 0.29) is 0 Å². The lowest BCUT2D eigenvalue weighted by atomic mass is 10.1. The van der Waals surface area contributed by atoms with Gasteiger partial charge in [0.25, 0.3) is 0 Å². The summed E-state index contributed by atoms with van der Waals surface area (Å²) < 4.78 is 11.1. The molecule has 0 spiro atoms. The highest BCUT2D eigenvalue weighted by atomic mass is 16.5. The maximum Gasteiger partial charge on any atom is 0.123 e. The molecule has 1 aliphatic rings. The summed E-state index contributed by atoms with van der Waals surface area (Å²) >= 11 is 0. The number of anilines is 1. The second-order valence-corrected chi connectivity index (χ2v) is 5.00. The Bertz CT molecular complexity index is 401. The highest BCUT2D eigenvalue weighted by Crippen LogP contribution is 2.24. The Morgan fingerprint density at radius 2 is 2.05 bits per heavy atom. The van der Waals surface area contributed by atoms with Gasteiger partial charge in [-0.05, 0) is 38.0 Å². The minimum atomic E-state index is 0.434. The number of nitrogens with zero attached hydrogens (tertiary/aromatic N) is 1. The first-order chi connectivity index (χ1) is 9.22. The fourth-order valence-electron chi connectivity index (χ4n) is 2.63. The predicted octanol–water partition coefficient (Wildman–Crippen LogP) is 2.28. The summed E-state index contributed by atoms with van der Waals surface area (Å²) in [5.41, 5.74) is 7.81. The minimum absolute atomic E-state index is 0.434. The maximum atomic E-state index is 5.85. The van der Waals surface area contributed by atoms with E-state index in [0.717, 1.165) is 56.1 Å². The molecule has 0 saturated carbocycles. The minimum Gasteiger partial charge on any atom is -0.496 e. The van der Waals surface area contributed by atoms with E-state index in [9.17, 15) is 0 Å². The van der Waals surface area contributed by atoms with E-state index in [1.54, 1.807) is 7.11 Å². The van der Waals surface area contributed by atoms with Crippen LogP contribution in [0.4, 0.5) is 5.69 Å². The van der Waals surface area contributed by atoms with Gasteiger partial charge in [0.2, 0.25) is 0 Å². The second kappa shape index (κ2) is 6.78. The molecule has 106 valence electrons. The quantitative estimate of drug-likeness (QED) is 0.829. The van der Waals surface area contributed by atoms with Gasteiger partial charge in [0.05, 0.1) is 13.2 Å². The van der Waals surface area contributed by atoms with Crippen molar-refractivity contribution in [2.45, 2.75) is 32.4 Å². The molecule has 0 aromatic heterocycles. The molecular weight excluding hydrogens is 240 g/mol. The van der Waals surface area contributed by atoms with E-state index in [0.29, 0.717) is 6.10 Å². The molecular formula is C15H24N2O2. The van der Waals surface area contributed by atoms with Gasteiger partial charge in [-0.1, -0.05) is 0 Å². The Hall–Kier alpha value is -1.26. The number of methoxy groups -OCH3 is 1. The third-order valence-corrected chi connectivity index (χ3v) is 3.64.